The van der Waals surface area contributed by atoms with Gasteiger partial charge in [0, 0.05) is 6.04 Å². The van der Waals surface area contributed by atoms with E-state index in [1.165, 1.54) is 22.3 Å². The zero-order chi connectivity index (χ0) is 15.2. The van der Waals surface area contributed by atoms with E-state index >= 15 is 0 Å². The van der Waals surface area contributed by atoms with Crippen LogP contribution in [0, 0.1) is 20.8 Å². The Kier molecular flexibility index (Phi) is 5.40. The fourth-order valence-corrected chi connectivity index (χ4v) is 2.62. The molecule has 0 radical (unpaired) electrons. The van der Waals surface area contributed by atoms with Crippen LogP contribution in [0.2, 0.25) is 0 Å². The molecule has 0 amide bonds. The second-order valence-electron chi connectivity index (χ2n) is 5.91. The van der Waals surface area contributed by atoms with Gasteiger partial charge >= 0.3 is 0 Å². The Hall–Kier alpha value is -1.80. The number of rotatable bonds is 6. The Morgan fingerprint density at radius 1 is 0.952 bits per heavy atom. The summed E-state index contributed by atoms with van der Waals surface area (Å²) in [5.41, 5.74) is 11.3. The van der Waals surface area contributed by atoms with E-state index in [2.05, 4.69) is 51.1 Å². The summed E-state index contributed by atoms with van der Waals surface area (Å²) in [4.78, 5) is 0. The number of ether oxygens (including phenoxy) is 1. The van der Waals surface area contributed by atoms with E-state index in [4.69, 9.17) is 10.5 Å². The van der Waals surface area contributed by atoms with Crippen molar-refractivity contribution < 1.29 is 4.74 Å². The smallest absolute Gasteiger partial charge is 0.119 e. The maximum absolute atomic E-state index is 6.22. The first-order valence-corrected chi connectivity index (χ1v) is 7.55. The van der Waals surface area contributed by atoms with E-state index in [1.54, 1.807) is 0 Å². The molecule has 2 N–H and O–H groups in total. The van der Waals surface area contributed by atoms with Crippen LogP contribution in [0.1, 0.15) is 28.7 Å². The molecule has 0 heterocycles. The van der Waals surface area contributed by atoms with Crippen LogP contribution in [0.25, 0.3) is 0 Å². The van der Waals surface area contributed by atoms with E-state index in [0.717, 1.165) is 18.6 Å². The van der Waals surface area contributed by atoms with Crippen molar-refractivity contribution >= 4 is 0 Å². The van der Waals surface area contributed by atoms with Crippen molar-refractivity contribution in [3.8, 4) is 5.75 Å². The summed E-state index contributed by atoms with van der Waals surface area (Å²) in [6, 6.07) is 14.9. The molecule has 2 heteroatoms. The summed E-state index contributed by atoms with van der Waals surface area (Å²) in [6.45, 7) is 6.99. The lowest BCUT2D eigenvalue weighted by atomic mass is 10.0. The molecule has 0 saturated heterocycles. The first-order chi connectivity index (χ1) is 10.0. The van der Waals surface area contributed by atoms with E-state index in [1.807, 2.05) is 12.1 Å². The standard InChI is InChI=1S/C19H25NO/c1-14-5-4-6-19(12-14)21-8-7-18(20)13-17-10-15(2)9-16(3)11-17/h4-6,9-12,18H,7-8,13,20H2,1-3H3. The molecule has 1 atom stereocenters. The van der Waals surface area contributed by atoms with Crippen molar-refractivity contribution in [1.82, 2.24) is 0 Å². The van der Waals surface area contributed by atoms with E-state index in [9.17, 15) is 0 Å². The van der Waals surface area contributed by atoms with Crippen LogP contribution in [0.5, 0.6) is 5.75 Å². The van der Waals surface area contributed by atoms with Crippen molar-refractivity contribution in [2.75, 3.05) is 6.61 Å². The molecule has 0 aliphatic heterocycles. The molecule has 0 saturated carbocycles. The van der Waals surface area contributed by atoms with Crippen LogP contribution in [0.3, 0.4) is 0 Å². The van der Waals surface area contributed by atoms with Gasteiger partial charge in [-0.15, -0.1) is 0 Å². The summed E-state index contributed by atoms with van der Waals surface area (Å²) < 4.78 is 5.76. The van der Waals surface area contributed by atoms with Gasteiger partial charge in [0.05, 0.1) is 6.61 Å². The third-order valence-electron chi connectivity index (χ3n) is 3.53. The van der Waals surface area contributed by atoms with Crippen molar-refractivity contribution in [2.45, 2.75) is 39.7 Å². The average Bonchev–Trinajstić information content (AvgIpc) is 2.37. The van der Waals surface area contributed by atoms with Crippen molar-refractivity contribution in [1.29, 1.82) is 0 Å². The fraction of sp³-hybridized carbons (Fsp3) is 0.368. The molecular formula is C19H25NO. The zero-order valence-electron chi connectivity index (χ0n) is 13.2. The van der Waals surface area contributed by atoms with Crippen LogP contribution in [-0.4, -0.2) is 12.6 Å². The Bertz CT molecular complexity index is 572. The summed E-state index contributed by atoms with van der Waals surface area (Å²) >= 11 is 0. The highest BCUT2D eigenvalue weighted by atomic mass is 16.5. The van der Waals surface area contributed by atoms with Crippen molar-refractivity contribution in [2.24, 2.45) is 5.73 Å². The SMILES string of the molecule is Cc1cc(C)cc(CC(N)CCOc2cccc(C)c2)c1. The minimum atomic E-state index is 0.135. The average molecular weight is 283 g/mol. The largest absolute Gasteiger partial charge is 0.494 e. The first-order valence-electron chi connectivity index (χ1n) is 7.55. The minimum absolute atomic E-state index is 0.135. The summed E-state index contributed by atoms with van der Waals surface area (Å²) in [6.07, 6.45) is 1.76. The van der Waals surface area contributed by atoms with Crippen LogP contribution < -0.4 is 10.5 Å². The summed E-state index contributed by atoms with van der Waals surface area (Å²) in [7, 11) is 0. The number of hydrogen-bond acceptors (Lipinski definition) is 2. The van der Waals surface area contributed by atoms with Crippen LogP contribution in [0.4, 0.5) is 0 Å². The molecule has 2 aromatic rings. The molecule has 1 unspecified atom stereocenters. The Morgan fingerprint density at radius 2 is 1.67 bits per heavy atom. The molecular weight excluding hydrogens is 258 g/mol. The molecule has 112 valence electrons. The monoisotopic (exact) mass is 283 g/mol. The lowest BCUT2D eigenvalue weighted by Crippen LogP contribution is -2.25. The number of hydrogen-bond donors (Lipinski definition) is 1. The molecule has 2 nitrogen and oxygen atoms in total. The van der Waals surface area contributed by atoms with Gasteiger partial charge in [0.2, 0.25) is 0 Å². The lowest BCUT2D eigenvalue weighted by molar-refractivity contribution is 0.297. The minimum Gasteiger partial charge on any atom is -0.494 e. The molecule has 0 aliphatic rings. The second kappa shape index (κ2) is 7.28. The first kappa shape index (κ1) is 15.6. The maximum Gasteiger partial charge on any atom is 0.119 e. The zero-order valence-corrected chi connectivity index (χ0v) is 13.2. The van der Waals surface area contributed by atoms with Gasteiger partial charge in [0.25, 0.3) is 0 Å². The molecule has 0 aliphatic carbocycles. The number of aryl methyl sites for hydroxylation is 3. The van der Waals surface area contributed by atoms with Gasteiger partial charge in [-0.1, -0.05) is 41.5 Å². The highest BCUT2D eigenvalue weighted by molar-refractivity contribution is 5.29. The summed E-state index contributed by atoms with van der Waals surface area (Å²) in [5.74, 6) is 0.925. The van der Waals surface area contributed by atoms with Crippen LogP contribution in [0.15, 0.2) is 42.5 Å². The van der Waals surface area contributed by atoms with Gasteiger partial charge < -0.3 is 10.5 Å². The Labute approximate surface area is 127 Å². The van der Waals surface area contributed by atoms with Gasteiger partial charge in [-0.25, -0.2) is 0 Å². The van der Waals surface area contributed by atoms with Crippen molar-refractivity contribution in [3.63, 3.8) is 0 Å². The molecule has 0 aromatic heterocycles. The van der Waals surface area contributed by atoms with E-state index < -0.39 is 0 Å². The maximum atomic E-state index is 6.22. The molecule has 2 aromatic carbocycles. The highest BCUT2D eigenvalue weighted by Gasteiger charge is 2.06. The lowest BCUT2D eigenvalue weighted by Gasteiger charge is -2.14. The van der Waals surface area contributed by atoms with E-state index in [-0.39, 0.29) is 6.04 Å². The fourth-order valence-electron chi connectivity index (χ4n) is 2.62. The van der Waals surface area contributed by atoms with Gasteiger partial charge in [-0.3, -0.25) is 0 Å². The van der Waals surface area contributed by atoms with Gasteiger partial charge in [-0.2, -0.15) is 0 Å². The third-order valence-corrected chi connectivity index (χ3v) is 3.53. The Balaban J connectivity index is 1.80. The quantitative estimate of drug-likeness (QED) is 0.871. The number of benzene rings is 2. The highest BCUT2D eigenvalue weighted by Crippen LogP contribution is 2.14. The molecule has 0 spiro atoms. The number of nitrogens with two attached hydrogens (primary N) is 1. The second-order valence-corrected chi connectivity index (χ2v) is 5.91. The topological polar surface area (TPSA) is 35.2 Å². The molecule has 2 rings (SSSR count). The van der Waals surface area contributed by atoms with Gasteiger partial charge in [-0.05, 0) is 56.9 Å². The predicted octanol–water partition coefficient (Wildman–Crippen LogP) is 3.95. The van der Waals surface area contributed by atoms with Gasteiger partial charge in [0.15, 0.2) is 0 Å². The third kappa shape index (κ3) is 5.24. The summed E-state index contributed by atoms with van der Waals surface area (Å²) in [5, 5.41) is 0. The van der Waals surface area contributed by atoms with Gasteiger partial charge in [0.1, 0.15) is 5.75 Å². The molecule has 0 fully saturated rings. The Morgan fingerprint density at radius 3 is 2.33 bits per heavy atom. The normalized spacial score (nSPS) is 12.2. The van der Waals surface area contributed by atoms with Crippen LogP contribution >= 0.6 is 0 Å². The van der Waals surface area contributed by atoms with Crippen molar-refractivity contribution in [3.05, 3.63) is 64.7 Å². The molecule has 0 bridgehead atoms. The van der Waals surface area contributed by atoms with Crippen LogP contribution in [-0.2, 0) is 6.42 Å². The molecule has 21 heavy (non-hydrogen) atoms. The predicted molar refractivity (Wildman–Crippen MR) is 88.9 cm³/mol. The van der Waals surface area contributed by atoms with E-state index in [0.29, 0.717) is 6.61 Å².